The fraction of sp³-hybridized carbons (Fsp3) is 0.350. The summed E-state index contributed by atoms with van der Waals surface area (Å²) >= 11 is 0. The lowest BCUT2D eigenvalue weighted by Crippen LogP contribution is -2.43. The maximum absolute atomic E-state index is 12.0. The number of carbonyl (C=O) groups excluding carboxylic acids is 2. The average molecular weight is 384 g/mol. The summed E-state index contributed by atoms with van der Waals surface area (Å²) in [4.78, 5) is 40.7. The smallest absolute Gasteiger partial charge is 0.255 e. The van der Waals surface area contributed by atoms with E-state index in [4.69, 9.17) is 4.74 Å². The van der Waals surface area contributed by atoms with Crippen LogP contribution in [0.2, 0.25) is 0 Å². The number of benzene rings is 1. The number of para-hydroxylation sites is 1. The van der Waals surface area contributed by atoms with Crippen LogP contribution >= 0.6 is 0 Å². The minimum Gasteiger partial charge on any atom is -0.379 e. The number of hydrogen-bond acceptors (Lipinski definition) is 5. The van der Waals surface area contributed by atoms with Crippen molar-refractivity contribution in [3.63, 3.8) is 0 Å². The number of rotatable bonds is 7. The maximum atomic E-state index is 12.0. The number of hydrogen-bond donors (Lipinski definition) is 3. The second-order valence-electron chi connectivity index (χ2n) is 6.50. The van der Waals surface area contributed by atoms with Gasteiger partial charge < -0.3 is 20.4 Å². The third-order valence-electron chi connectivity index (χ3n) is 4.47. The number of ether oxygens (including phenoxy) is 1. The van der Waals surface area contributed by atoms with Crippen LogP contribution < -0.4 is 16.2 Å². The number of nitrogens with one attached hydrogen (secondary N) is 3. The second kappa shape index (κ2) is 9.82. The quantitative estimate of drug-likeness (QED) is 0.588. The van der Waals surface area contributed by atoms with Gasteiger partial charge in [0, 0.05) is 43.3 Å². The molecule has 2 aromatic rings. The van der Waals surface area contributed by atoms with Crippen molar-refractivity contribution in [1.82, 2.24) is 20.5 Å². The van der Waals surface area contributed by atoms with Crippen LogP contribution in [-0.4, -0.2) is 67.6 Å². The molecular formula is C20H24N4O4. The van der Waals surface area contributed by atoms with Crippen molar-refractivity contribution in [1.29, 1.82) is 0 Å². The zero-order chi connectivity index (χ0) is 19.8. The third-order valence-corrected chi connectivity index (χ3v) is 4.47. The Morgan fingerprint density at radius 2 is 1.96 bits per heavy atom. The summed E-state index contributed by atoms with van der Waals surface area (Å²) in [6, 6.07) is 9.13. The van der Waals surface area contributed by atoms with Crippen molar-refractivity contribution >= 4 is 28.8 Å². The van der Waals surface area contributed by atoms with E-state index in [9.17, 15) is 14.4 Å². The Hall–Kier alpha value is -2.97. The standard InChI is InChI=1S/C20H24N4O4/c25-18(22-14-19(26)21-7-8-24-9-11-28-12-10-24)6-5-16-13-15-3-1-2-4-17(15)23-20(16)27/h1-6,13H,7-12,14H2,(H,21,26)(H,22,25)(H,23,27)/b6-5+. The molecule has 1 aromatic carbocycles. The van der Waals surface area contributed by atoms with E-state index < -0.39 is 5.91 Å². The molecule has 2 heterocycles. The molecule has 8 heteroatoms. The van der Waals surface area contributed by atoms with Crippen LogP contribution in [0, 0.1) is 0 Å². The number of pyridine rings is 1. The Balaban J connectivity index is 1.43. The molecule has 0 atom stereocenters. The molecule has 3 N–H and O–H groups in total. The number of nitrogens with zero attached hydrogens (tertiary/aromatic N) is 1. The highest BCUT2D eigenvalue weighted by Gasteiger charge is 2.10. The van der Waals surface area contributed by atoms with Gasteiger partial charge in [-0.15, -0.1) is 0 Å². The van der Waals surface area contributed by atoms with Crippen LogP contribution in [0.15, 0.2) is 41.2 Å². The molecule has 0 aliphatic carbocycles. The maximum Gasteiger partial charge on any atom is 0.255 e. The van der Waals surface area contributed by atoms with Crippen molar-refractivity contribution in [3.05, 3.63) is 52.3 Å². The summed E-state index contributed by atoms with van der Waals surface area (Å²) in [5, 5.41) is 6.16. The first-order chi connectivity index (χ1) is 13.6. The van der Waals surface area contributed by atoms with Gasteiger partial charge in [0.15, 0.2) is 0 Å². The van der Waals surface area contributed by atoms with Crippen LogP contribution in [0.5, 0.6) is 0 Å². The van der Waals surface area contributed by atoms with Crippen molar-refractivity contribution in [2.45, 2.75) is 0 Å². The molecule has 0 saturated carbocycles. The van der Waals surface area contributed by atoms with Gasteiger partial charge in [-0.25, -0.2) is 0 Å². The number of aromatic nitrogens is 1. The van der Waals surface area contributed by atoms with E-state index in [2.05, 4.69) is 20.5 Å². The Labute approximate surface area is 162 Å². The van der Waals surface area contributed by atoms with Gasteiger partial charge in [0.25, 0.3) is 5.56 Å². The van der Waals surface area contributed by atoms with Crippen molar-refractivity contribution in [3.8, 4) is 0 Å². The average Bonchev–Trinajstić information content (AvgIpc) is 2.71. The Bertz CT molecular complexity index is 916. The lowest BCUT2D eigenvalue weighted by atomic mass is 10.1. The highest BCUT2D eigenvalue weighted by atomic mass is 16.5. The highest BCUT2D eigenvalue weighted by Crippen LogP contribution is 2.10. The predicted octanol–water partition coefficient (Wildman–Crippen LogP) is 0.106. The van der Waals surface area contributed by atoms with E-state index in [-0.39, 0.29) is 18.0 Å². The highest BCUT2D eigenvalue weighted by molar-refractivity contribution is 5.94. The molecule has 28 heavy (non-hydrogen) atoms. The molecule has 2 amide bonds. The number of morpholine rings is 1. The van der Waals surface area contributed by atoms with E-state index in [0.717, 1.165) is 43.8 Å². The fourth-order valence-electron chi connectivity index (χ4n) is 2.92. The van der Waals surface area contributed by atoms with Crippen LogP contribution in [0.4, 0.5) is 0 Å². The lowest BCUT2D eigenvalue weighted by Gasteiger charge is -2.26. The summed E-state index contributed by atoms with van der Waals surface area (Å²) in [7, 11) is 0. The summed E-state index contributed by atoms with van der Waals surface area (Å²) in [5.41, 5.74) is 0.843. The first kappa shape index (κ1) is 19.8. The summed E-state index contributed by atoms with van der Waals surface area (Å²) in [5.74, 6) is -0.686. The Kier molecular flexibility index (Phi) is 6.94. The van der Waals surface area contributed by atoms with E-state index in [1.807, 2.05) is 24.3 Å². The van der Waals surface area contributed by atoms with Gasteiger partial charge in [0.1, 0.15) is 0 Å². The van der Waals surface area contributed by atoms with Crippen LogP contribution in [-0.2, 0) is 14.3 Å². The monoisotopic (exact) mass is 384 g/mol. The topological polar surface area (TPSA) is 104 Å². The molecule has 1 aromatic heterocycles. The molecule has 148 valence electrons. The largest absolute Gasteiger partial charge is 0.379 e. The third kappa shape index (κ3) is 5.77. The number of fused-ring (bicyclic) bond motifs is 1. The van der Waals surface area contributed by atoms with E-state index in [0.29, 0.717) is 12.1 Å². The Morgan fingerprint density at radius 3 is 2.79 bits per heavy atom. The molecule has 0 bridgehead atoms. The number of carbonyl (C=O) groups is 2. The molecule has 3 rings (SSSR count). The molecule has 0 unspecified atom stereocenters. The van der Waals surface area contributed by atoms with Crippen LogP contribution in [0.1, 0.15) is 5.56 Å². The lowest BCUT2D eigenvalue weighted by molar-refractivity contribution is -0.124. The van der Waals surface area contributed by atoms with Gasteiger partial charge in [0.05, 0.1) is 19.8 Å². The first-order valence-electron chi connectivity index (χ1n) is 9.26. The zero-order valence-electron chi connectivity index (χ0n) is 15.6. The van der Waals surface area contributed by atoms with Gasteiger partial charge in [-0.1, -0.05) is 18.2 Å². The molecule has 8 nitrogen and oxygen atoms in total. The molecule has 0 radical (unpaired) electrons. The molecular weight excluding hydrogens is 360 g/mol. The molecule has 0 spiro atoms. The van der Waals surface area contributed by atoms with Gasteiger partial charge in [-0.3, -0.25) is 19.3 Å². The molecule has 1 fully saturated rings. The summed E-state index contributed by atoms with van der Waals surface area (Å²) < 4.78 is 5.27. The van der Waals surface area contributed by atoms with Crippen molar-refractivity contribution < 1.29 is 14.3 Å². The zero-order valence-corrected chi connectivity index (χ0v) is 15.6. The SMILES string of the molecule is O=C(/C=C/c1cc2ccccc2[nH]c1=O)NCC(=O)NCCN1CCOCC1. The van der Waals surface area contributed by atoms with Crippen LogP contribution in [0.3, 0.4) is 0 Å². The number of H-pyrrole nitrogens is 1. The van der Waals surface area contributed by atoms with E-state index in [1.54, 1.807) is 6.07 Å². The summed E-state index contributed by atoms with van der Waals surface area (Å²) in [6.45, 7) is 4.34. The fourth-order valence-corrected chi connectivity index (χ4v) is 2.92. The van der Waals surface area contributed by atoms with Crippen molar-refractivity contribution in [2.24, 2.45) is 0 Å². The second-order valence-corrected chi connectivity index (χ2v) is 6.50. The normalized spacial score (nSPS) is 15.0. The van der Waals surface area contributed by atoms with Gasteiger partial charge in [0.2, 0.25) is 11.8 Å². The number of amides is 2. The van der Waals surface area contributed by atoms with Crippen molar-refractivity contribution in [2.75, 3.05) is 45.9 Å². The molecule has 1 saturated heterocycles. The van der Waals surface area contributed by atoms with E-state index >= 15 is 0 Å². The summed E-state index contributed by atoms with van der Waals surface area (Å²) in [6.07, 6.45) is 2.69. The molecule has 1 aliphatic rings. The van der Waals surface area contributed by atoms with Gasteiger partial charge >= 0.3 is 0 Å². The number of aromatic amines is 1. The minimum absolute atomic E-state index is 0.111. The first-order valence-corrected chi connectivity index (χ1v) is 9.26. The molecule has 1 aliphatic heterocycles. The van der Waals surface area contributed by atoms with Gasteiger partial charge in [-0.05, 0) is 23.6 Å². The van der Waals surface area contributed by atoms with Crippen LogP contribution in [0.25, 0.3) is 17.0 Å². The Morgan fingerprint density at radius 1 is 1.18 bits per heavy atom. The van der Waals surface area contributed by atoms with Gasteiger partial charge in [-0.2, -0.15) is 0 Å². The predicted molar refractivity (Wildman–Crippen MR) is 107 cm³/mol. The van der Waals surface area contributed by atoms with E-state index in [1.165, 1.54) is 12.2 Å². The minimum atomic E-state index is -0.434.